The number of rotatable bonds is 3. The molecule has 1 unspecified atom stereocenters. The molecule has 0 aliphatic carbocycles. The Labute approximate surface area is 95.2 Å². The lowest BCUT2D eigenvalue weighted by molar-refractivity contribution is -0.119. The molecule has 2 rings (SSSR count). The van der Waals surface area contributed by atoms with E-state index >= 15 is 0 Å². The van der Waals surface area contributed by atoms with Crippen LogP contribution in [-0.4, -0.2) is 30.8 Å². The van der Waals surface area contributed by atoms with Crippen LogP contribution >= 0.6 is 0 Å². The molecule has 1 aliphatic rings. The molecule has 0 N–H and O–H groups in total. The van der Waals surface area contributed by atoms with Crippen LogP contribution < -0.4 is 0 Å². The van der Waals surface area contributed by atoms with Gasteiger partial charge in [-0.1, -0.05) is 30.3 Å². The van der Waals surface area contributed by atoms with Crippen LogP contribution in [0.3, 0.4) is 0 Å². The summed E-state index contributed by atoms with van der Waals surface area (Å²) in [6, 6.07) is 10.1. The van der Waals surface area contributed by atoms with E-state index in [1.807, 2.05) is 25.1 Å². The van der Waals surface area contributed by atoms with Crippen LogP contribution in [0, 0.1) is 0 Å². The van der Waals surface area contributed by atoms with Crippen molar-refractivity contribution in [1.82, 2.24) is 0 Å². The molecular formula is C13H15NO2. The first-order chi connectivity index (χ1) is 7.79. The Kier molecular flexibility index (Phi) is 3.47. The van der Waals surface area contributed by atoms with E-state index in [2.05, 4.69) is 17.1 Å². The summed E-state index contributed by atoms with van der Waals surface area (Å²) in [5, 5.41) is 0. The summed E-state index contributed by atoms with van der Waals surface area (Å²) >= 11 is 0. The Morgan fingerprint density at radius 1 is 1.44 bits per heavy atom. The van der Waals surface area contributed by atoms with Gasteiger partial charge < -0.3 is 9.53 Å². The number of carbonyl (C=O) groups is 1. The van der Waals surface area contributed by atoms with Gasteiger partial charge in [0.2, 0.25) is 0 Å². The van der Waals surface area contributed by atoms with Gasteiger partial charge in [-0.25, -0.2) is 0 Å². The van der Waals surface area contributed by atoms with Gasteiger partial charge in [0.15, 0.2) is 6.29 Å². The van der Waals surface area contributed by atoms with Crippen LogP contribution in [0.1, 0.15) is 12.5 Å². The molecular weight excluding hydrogens is 202 g/mol. The van der Waals surface area contributed by atoms with E-state index in [9.17, 15) is 4.79 Å². The minimum Gasteiger partial charge on any atom is -0.359 e. The zero-order chi connectivity index (χ0) is 11.4. The van der Waals surface area contributed by atoms with E-state index in [1.54, 1.807) is 0 Å². The van der Waals surface area contributed by atoms with E-state index in [0.717, 1.165) is 18.4 Å². The van der Waals surface area contributed by atoms with Gasteiger partial charge in [0.05, 0.1) is 12.6 Å². The summed E-state index contributed by atoms with van der Waals surface area (Å²) in [6.07, 6.45) is 1.16. The topological polar surface area (TPSA) is 38.7 Å². The zero-order valence-electron chi connectivity index (χ0n) is 9.30. The second-order valence-corrected chi connectivity index (χ2v) is 3.97. The minimum atomic E-state index is -0.377. The average molecular weight is 217 g/mol. The largest absolute Gasteiger partial charge is 0.359 e. The second kappa shape index (κ2) is 5.03. The number of aliphatic imine (C=N–C) groups is 1. The number of benzene rings is 1. The summed E-state index contributed by atoms with van der Waals surface area (Å²) in [5.41, 5.74) is 2.18. The predicted octanol–water partition coefficient (Wildman–Crippen LogP) is 1.66. The number of aldehydes is 1. The minimum absolute atomic E-state index is 0.0636. The molecule has 3 heteroatoms. The highest BCUT2D eigenvalue weighted by Gasteiger charge is 2.23. The summed E-state index contributed by atoms with van der Waals surface area (Å²) in [7, 11) is 0. The maximum atomic E-state index is 10.7. The molecule has 16 heavy (non-hydrogen) atoms. The molecule has 3 nitrogen and oxygen atoms in total. The molecule has 0 bridgehead atoms. The Morgan fingerprint density at radius 2 is 2.19 bits per heavy atom. The highest BCUT2D eigenvalue weighted by atomic mass is 16.5. The molecule has 0 spiro atoms. The fourth-order valence-corrected chi connectivity index (χ4v) is 1.79. The molecule has 0 aromatic heterocycles. The van der Waals surface area contributed by atoms with Crippen molar-refractivity contribution in [2.45, 2.75) is 25.6 Å². The predicted molar refractivity (Wildman–Crippen MR) is 62.8 cm³/mol. The molecule has 1 heterocycles. The molecule has 0 fully saturated rings. The van der Waals surface area contributed by atoms with E-state index < -0.39 is 0 Å². The third kappa shape index (κ3) is 2.55. The molecule has 0 radical (unpaired) electrons. The van der Waals surface area contributed by atoms with Gasteiger partial charge in [-0.2, -0.15) is 0 Å². The SMILES string of the molecule is CC1=NCC(C=O)O[C@H]1Cc1ccccc1. The van der Waals surface area contributed by atoms with Gasteiger partial charge in [0.1, 0.15) is 6.10 Å². The Balaban J connectivity index is 2.06. The van der Waals surface area contributed by atoms with Crippen molar-refractivity contribution in [3.05, 3.63) is 35.9 Å². The van der Waals surface area contributed by atoms with Crippen molar-refractivity contribution in [1.29, 1.82) is 0 Å². The number of hydrogen-bond donors (Lipinski definition) is 0. The third-order valence-electron chi connectivity index (χ3n) is 2.74. The molecule has 1 aromatic rings. The first kappa shape index (κ1) is 11.0. The lowest BCUT2D eigenvalue weighted by Gasteiger charge is -2.25. The van der Waals surface area contributed by atoms with Crippen LogP contribution in [0.2, 0.25) is 0 Å². The summed E-state index contributed by atoms with van der Waals surface area (Å²) in [5.74, 6) is 0. The lowest BCUT2D eigenvalue weighted by Crippen LogP contribution is -2.37. The quantitative estimate of drug-likeness (QED) is 0.722. The average Bonchev–Trinajstić information content (AvgIpc) is 2.33. The molecule has 0 saturated carbocycles. The molecule has 0 amide bonds. The van der Waals surface area contributed by atoms with Crippen molar-refractivity contribution in [3.63, 3.8) is 0 Å². The Hall–Kier alpha value is -1.48. The Bertz CT molecular complexity index is 386. The summed E-state index contributed by atoms with van der Waals surface area (Å²) < 4.78 is 5.65. The highest BCUT2D eigenvalue weighted by molar-refractivity contribution is 5.87. The van der Waals surface area contributed by atoms with Crippen LogP contribution in [-0.2, 0) is 16.0 Å². The summed E-state index contributed by atoms with van der Waals surface area (Å²) in [4.78, 5) is 15.0. The summed E-state index contributed by atoms with van der Waals surface area (Å²) in [6.45, 7) is 2.41. The van der Waals surface area contributed by atoms with Gasteiger partial charge in [-0.3, -0.25) is 4.99 Å². The Morgan fingerprint density at radius 3 is 2.88 bits per heavy atom. The molecule has 0 saturated heterocycles. The molecule has 1 aliphatic heterocycles. The van der Waals surface area contributed by atoms with Gasteiger partial charge in [0, 0.05) is 12.1 Å². The van der Waals surface area contributed by atoms with Crippen LogP contribution in [0.15, 0.2) is 35.3 Å². The van der Waals surface area contributed by atoms with Gasteiger partial charge in [0.25, 0.3) is 0 Å². The number of carbonyl (C=O) groups excluding carboxylic acids is 1. The molecule has 2 atom stereocenters. The van der Waals surface area contributed by atoms with E-state index in [-0.39, 0.29) is 12.2 Å². The van der Waals surface area contributed by atoms with E-state index in [4.69, 9.17) is 4.74 Å². The van der Waals surface area contributed by atoms with Crippen molar-refractivity contribution in [2.75, 3.05) is 6.54 Å². The second-order valence-electron chi connectivity index (χ2n) is 3.97. The number of hydrogen-bond acceptors (Lipinski definition) is 3. The monoisotopic (exact) mass is 217 g/mol. The maximum Gasteiger partial charge on any atom is 0.150 e. The fourth-order valence-electron chi connectivity index (χ4n) is 1.79. The van der Waals surface area contributed by atoms with Crippen molar-refractivity contribution in [2.24, 2.45) is 4.99 Å². The van der Waals surface area contributed by atoms with Crippen LogP contribution in [0.5, 0.6) is 0 Å². The third-order valence-corrected chi connectivity index (χ3v) is 2.74. The maximum absolute atomic E-state index is 10.7. The normalized spacial score (nSPS) is 24.9. The first-order valence-electron chi connectivity index (χ1n) is 5.45. The van der Waals surface area contributed by atoms with E-state index in [1.165, 1.54) is 5.56 Å². The number of nitrogens with zero attached hydrogens (tertiary/aromatic N) is 1. The zero-order valence-corrected chi connectivity index (χ0v) is 9.30. The van der Waals surface area contributed by atoms with Crippen molar-refractivity contribution in [3.8, 4) is 0 Å². The van der Waals surface area contributed by atoms with Gasteiger partial charge in [-0.05, 0) is 12.5 Å². The molecule has 1 aromatic carbocycles. The number of ether oxygens (including phenoxy) is 1. The van der Waals surface area contributed by atoms with Crippen LogP contribution in [0.4, 0.5) is 0 Å². The van der Waals surface area contributed by atoms with Crippen molar-refractivity contribution >= 4 is 12.0 Å². The smallest absolute Gasteiger partial charge is 0.150 e. The highest BCUT2D eigenvalue weighted by Crippen LogP contribution is 2.13. The lowest BCUT2D eigenvalue weighted by atomic mass is 10.0. The van der Waals surface area contributed by atoms with Crippen LogP contribution in [0.25, 0.3) is 0 Å². The standard InChI is InChI=1S/C13H15NO2/c1-10-13(16-12(9-15)8-14-10)7-11-5-3-2-4-6-11/h2-6,9,12-13H,7-8H2,1H3/t12?,13-/m0/s1. The molecule has 84 valence electrons. The fraction of sp³-hybridized carbons (Fsp3) is 0.385. The van der Waals surface area contributed by atoms with Gasteiger partial charge >= 0.3 is 0 Å². The van der Waals surface area contributed by atoms with E-state index in [0.29, 0.717) is 6.54 Å². The first-order valence-corrected chi connectivity index (χ1v) is 5.45. The van der Waals surface area contributed by atoms with Gasteiger partial charge in [-0.15, -0.1) is 0 Å². The van der Waals surface area contributed by atoms with Crippen molar-refractivity contribution < 1.29 is 9.53 Å².